The first-order valence-electron chi connectivity index (χ1n) is 4.46. The van der Waals surface area contributed by atoms with Gasteiger partial charge in [0.1, 0.15) is 0 Å². The van der Waals surface area contributed by atoms with E-state index in [2.05, 4.69) is 36.4 Å². The Morgan fingerprint density at radius 3 is 1.75 bits per heavy atom. The normalized spacial score (nSPS) is 12.5. The van der Waals surface area contributed by atoms with Gasteiger partial charge in [-0.1, -0.05) is 36.4 Å². The average Bonchev–Trinajstić information content (AvgIpc) is 2.03. The quantitative estimate of drug-likeness (QED) is 0.427. The fraction of sp³-hybridized carbons (Fsp3) is 1.00. The van der Waals surface area contributed by atoms with Crippen molar-refractivity contribution in [2.45, 2.75) is 33.2 Å². The van der Waals surface area contributed by atoms with Crippen molar-refractivity contribution in [2.24, 2.45) is 0 Å². The van der Waals surface area contributed by atoms with Gasteiger partial charge in [0.25, 0.3) is 0 Å². The first kappa shape index (κ1) is 12.9. The molecule has 0 aliphatic rings. The van der Waals surface area contributed by atoms with Crippen LogP contribution >= 0.6 is 22.6 Å². The zero-order valence-electron chi connectivity index (χ0n) is 8.39. The minimum atomic E-state index is -1.86. The molecule has 4 heteroatoms. The van der Waals surface area contributed by atoms with Gasteiger partial charge in [-0.3, -0.25) is 0 Å². The monoisotopic (exact) mass is 302 g/mol. The Hall–Kier alpha value is 0.867. The van der Waals surface area contributed by atoms with E-state index in [-0.39, 0.29) is 0 Å². The lowest BCUT2D eigenvalue weighted by atomic mass is 10.6. The zero-order valence-corrected chi connectivity index (χ0v) is 11.6. The molecule has 0 N–H and O–H groups in total. The molecular weight excluding hydrogens is 283 g/mol. The van der Waals surface area contributed by atoms with E-state index in [0.717, 1.165) is 17.3 Å². The minimum absolute atomic E-state index is 0.536. The molecule has 0 rings (SSSR count). The van der Waals surface area contributed by atoms with Crippen LogP contribution in [0.1, 0.15) is 27.7 Å². The zero-order chi connectivity index (χ0) is 9.61. The molecule has 0 fully saturated rings. The van der Waals surface area contributed by atoms with Gasteiger partial charge in [-0.25, -0.2) is 0 Å². The molecule has 0 bridgehead atoms. The van der Waals surface area contributed by atoms with Gasteiger partial charge < -0.3 is 8.85 Å². The van der Waals surface area contributed by atoms with Gasteiger partial charge >= 0.3 is 8.56 Å². The molecule has 0 aromatic rings. The third-order valence-electron chi connectivity index (χ3n) is 1.84. The first-order valence-corrected chi connectivity index (χ1v) is 8.09. The number of halogens is 1. The molecule has 0 aliphatic heterocycles. The van der Waals surface area contributed by atoms with E-state index >= 15 is 0 Å². The molecule has 0 aliphatic carbocycles. The summed E-state index contributed by atoms with van der Waals surface area (Å²) in [5, 5.41) is 0. The van der Waals surface area contributed by atoms with Crippen LogP contribution in [0.15, 0.2) is 0 Å². The summed E-state index contributed by atoms with van der Waals surface area (Å²) in [4.78, 5) is 0. The van der Waals surface area contributed by atoms with Crippen LogP contribution in [0.2, 0.25) is 5.54 Å². The van der Waals surface area contributed by atoms with Crippen LogP contribution in [0.25, 0.3) is 0 Å². The predicted molar refractivity (Wildman–Crippen MR) is 63.0 cm³/mol. The van der Waals surface area contributed by atoms with Crippen molar-refractivity contribution in [3.8, 4) is 0 Å². The SMILES string of the molecule is CCO[Si](CI)(OCC)C(C)C. The average molecular weight is 302 g/mol. The van der Waals surface area contributed by atoms with E-state index in [1.165, 1.54) is 0 Å². The first-order chi connectivity index (χ1) is 5.63. The van der Waals surface area contributed by atoms with Crippen molar-refractivity contribution >= 4 is 31.2 Å². The fourth-order valence-corrected chi connectivity index (χ4v) is 7.25. The molecule has 0 aromatic heterocycles. The van der Waals surface area contributed by atoms with Crippen molar-refractivity contribution < 1.29 is 8.85 Å². The van der Waals surface area contributed by atoms with Gasteiger partial charge in [-0.05, 0) is 19.4 Å². The highest BCUT2D eigenvalue weighted by atomic mass is 127. The van der Waals surface area contributed by atoms with Gasteiger partial charge in [0.05, 0.1) is 0 Å². The number of alkyl halides is 1. The predicted octanol–water partition coefficient (Wildman–Crippen LogP) is 2.89. The van der Waals surface area contributed by atoms with E-state index in [0.29, 0.717) is 5.54 Å². The summed E-state index contributed by atoms with van der Waals surface area (Å²) in [5.41, 5.74) is 0.536. The second-order valence-corrected chi connectivity index (χ2v) is 8.88. The summed E-state index contributed by atoms with van der Waals surface area (Å²) in [6, 6.07) is 0. The van der Waals surface area contributed by atoms with Crippen molar-refractivity contribution in [3.05, 3.63) is 0 Å². The van der Waals surface area contributed by atoms with Crippen LogP contribution in [-0.2, 0) is 8.85 Å². The molecule has 0 unspecified atom stereocenters. The highest BCUT2D eigenvalue weighted by molar-refractivity contribution is 14.1. The minimum Gasteiger partial charge on any atom is -0.394 e. The second kappa shape index (κ2) is 6.34. The second-order valence-electron chi connectivity index (χ2n) is 2.97. The third-order valence-corrected chi connectivity index (χ3v) is 8.72. The van der Waals surface area contributed by atoms with Crippen molar-refractivity contribution in [1.29, 1.82) is 0 Å². The van der Waals surface area contributed by atoms with Gasteiger partial charge in [-0.2, -0.15) is 0 Å². The Kier molecular flexibility index (Phi) is 6.80. The van der Waals surface area contributed by atoms with Crippen LogP contribution in [0.5, 0.6) is 0 Å². The molecule has 74 valence electrons. The lowest BCUT2D eigenvalue weighted by molar-refractivity contribution is 0.181. The van der Waals surface area contributed by atoms with Crippen molar-refractivity contribution in [1.82, 2.24) is 0 Å². The standard InChI is InChI=1S/C8H19IO2Si/c1-5-10-12(7-9,8(3)4)11-6-2/h8H,5-7H2,1-4H3. The molecule has 0 aromatic carbocycles. The summed E-state index contributed by atoms with van der Waals surface area (Å²) in [7, 11) is -1.86. The van der Waals surface area contributed by atoms with Gasteiger partial charge in [-0.15, -0.1) is 0 Å². The molecule has 2 nitrogen and oxygen atoms in total. The Balaban J connectivity index is 4.28. The lowest BCUT2D eigenvalue weighted by Gasteiger charge is -2.31. The summed E-state index contributed by atoms with van der Waals surface area (Å²) in [6.45, 7) is 10.00. The largest absolute Gasteiger partial charge is 0.394 e. The molecule has 0 radical (unpaired) electrons. The van der Waals surface area contributed by atoms with E-state index < -0.39 is 8.56 Å². The number of rotatable bonds is 6. The molecule has 0 amide bonds. The molecule has 0 heterocycles. The molecule has 0 spiro atoms. The highest BCUT2D eigenvalue weighted by Gasteiger charge is 2.39. The van der Waals surface area contributed by atoms with E-state index in [1.807, 2.05) is 13.8 Å². The Bertz CT molecular complexity index is 114. The number of hydrogen-bond donors (Lipinski definition) is 0. The molecule has 0 atom stereocenters. The van der Waals surface area contributed by atoms with Crippen LogP contribution in [0.4, 0.5) is 0 Å². The highest BCUT2D eigenvalue weighted by Crippen LogP contribution is 2.25. The lowest BCUT2D eigenvalue weighted by Crippen LogP contribution is -2.47. The maximum absolute atomic E-state index is 5.79. The Morgan fingerprint density at radius 2 is 1.58 bits per heavy atom. The third kappa shape index (κ3) is 3.31. The number of hydrogen-bond acceptors (Lipinski definition) is 2. The Morgan fingerprint density at radius 1 is 1.17 bits per heavy atom. The summed E-state index contributed by atoms with van der Waals surface area (Å²) in [5.74, 6) is 0. The Labute approximate surface area is 90.4 Å². The fourth-order valence-electron chi connectivity index (χ4n) is 1.10. The summed E-state index contributed by atoms with van der Waals surface area (Å²) < 4.78 is 12.6. The van der Waals surface area contributed by atoms with Crippen LogP contribution in [0.3, 0.4) is 0 Å². The van der Waals surface area contributed by atoms with Crippen LogP contribution < -0.4 is 0 Å². The smallest absolute Gasteiger partial charge is 0.350 e. The van der Waals surface area contributed by atoms with Gasteiger partial charge in [0.2, 0.25) is 0 Å². The summed E-state index contributed by atoms with van der Waals surface area (Å²) in [6.07, 6.45) is 0. The van der Waals surface area contributed by atoms with E-state index in [9.17, 15) is 0 Å². The molecule has 0 saturated heterocycles. The van der Waals surface area contributed by atoms with Gasteiger partial charge in [0.15, 0.2) is 0 Å². The van der Waals surface area contributed by atoms with Crippen LogP contribution in [0, 0.1) is 0 Å². The molecule has 0 saturated carbocycles. The molecule has 12 heavy (non-hydrogen) atoms. The maximum Gasteiger partial charge on any atom is 0.350 e. The van der Waals surface area contributed by atoms with Crippen LogP contribution in [-0.4, -0.2) is 25.8 Å². The summed E-state index contributed by atoms with van der Waals surface area (Å²) >= 11 is 2.38. The van der Waals surface area contributed by atoms with Gasteiger partial charge in [0, 0.05) is 17.3 Å². The maximum atomic E-state index is 5.79. The van der Waals surface area contributed by atoms with Crippen molar-refractivity contribution in [3.63, 3.8) is 0 Å². The molecular formula is C8H19IO2Si. The topological polar surface area (TPSA) is 18.5 Å². The van der Waals surface area contributed by atoms with E-state index in [4.69, 9.17) is 8.85 Å². The van der Waals surface area contributed by atoms with Crippen molar-refractivity contribution in [2.75, 3.05) is 17.3 Å². The van der Waals surface area contributed by atoms with E-state index in [1.54, 1.807) is 0 Å².